The van der Waals surface area contributed by atoms with Gasteiger partial charge in [-0.2, -0.15) is 0 Å². The normalized spacial score (nSPS) is 17.4. The summed E-state index contributed by atoms with van der Waals surface area (Å²) >= 11 is 0. The molecule has 6 nitrogen and oxygen atoms in total. The average molecular weight is 340 g/mol. The molecule has 2 unspecified atom stereocenters. The molecule has 0 fully saturated rings. The van der Waals surface area contributed by atoms with Crippen molar-refractivity contribution in [3.8, 4) is 0 Å². The first-order valence-electron chi connectivity index (χ1n) is 8.24. The predicted molar refractivity (Wildman–Crippen MR) is 91.0 cm³/mol. The van der Waals surface area contributed by atoms with Crippen LogP contribution >= 0.6 is 0 Å². The minimum Gasteiger partial charge on any atom is -0.480 e. The van der Waals surface area contributed by atoms with Crippen molar-refractivity contribution < 1.29 is 19.4 Å². The Morgan fingerprint density at radius 2 is 2.00 bits per heavy atom. The van der Waals surface area contributed by atoms with Crippen LogP contribution in [0, 0.1) is 0 Å². The highest BCUT2D eigenvalue weighted by atomic mass is 16.5. The van der Waals surface area contributed by atoms with Crippen LogP contribution in [0.25, 0.3) is 0 Å². The molecule has 2 aromatic rings. The van der Waals surface area contributed by atoms with Gasteiger partial charge >= 0.3 is 5.97 Å². The monoisotopic (exact) mass is 340 g/mol. The van der Waals surface area contributed by atoms with Gasteiger partial charge in [-0.25, -0.2) is 4.79 Å². The zero-order valence-electron chi connectivity index (χ0n) is 13.7. The third-order valence-electron chi connectivity index (χ3n) is 4.29. The summed E-state index contributed by atoms with van der Waals surface area (Å²) < 4.78 is 5.72. The van der Waals surface area contributed by atoms with Crippen LogP contribution in [-0.2, 0) is 27.2 Å². The lowest BCUT2D eigenvalue weighted by atomic mass is 9.95. The fourth-order valence-corrected chi connectivity index (χ4v) is 3.02. The number of hydrogen-bond acceptors (Lipinski definition) is 4. The number of fused-ring (bicyclic) bond motifs is 1. The van der Waals surface area contributed by atoms with Crippen molar-refractivity contribution in [3.05, 3.63) is 65.5 Å². The molecular formula is C19H20N2O4. The average Bonchev–Trinajstić information content (AvgIpc) is 2.62. The van der Waals surface area contributed by atoms with Crippen LogP contribution in [0.5, 0.6) is 0 Å². The number of nitrogens with zero attached hydrogens (tertiary/aromatic N) is 1. The van der Waals surface area contributed by atoms with E-state index in [2.05, 4.69) is 10.3 Å². The molecule has 130 valence electrons. The Morgan fingerprint density at radius 3 is 2.76 bits per heavy atom. The number of amides is 1. The van der Waals surface area contributed by atoms with Crippen LogP contribution in [0.2, 0.25) is 0 Å². The molecular weight excluding hydrogens is 320 g/mol. The molecule has 0 saturated carbocycles. The lowest BCUT2D eigenvalue weighted by Gasteiger charge is -2.26. The van der Waals surface area contributed by atoms with E-state index >= 15 is 0 Å². The van der Waals surface area contributed by atoms with E-state index in [0.29, 0.717) is 6.61 Å². The maximum Gasteiger partial charge on any atom is 0.326 e. The molecule has 25 heavy (non-hydrogen) atoms. The molecule has 2 N–H and O–H groups in total. The lowest BCUT2D eigenvalue weighted by molar-refractivity contribution is -0.142. The molecule has 1 aromatic carbocycles. The van der Waals surface area contributed by atoms with Crippen LogP contribution in [0.1, 0.15) is 29.2 Å². The van der Waals surface area contributed by atoms with Crippen molar-refractivity contribution in [2.24, 2.45) is 0 Å². The molecule has 0 radical (unpaired) electrons. The van der Waals surface area contributed by atoms with E-state index in [1.54, 1.807) is 24.5 Å². The van der Waals surface area contributed by atoms with Crippen molar-refractivity contribution in [2.45, 2.75) is 31.4 Å². The summed E-state index contributed by atoms with van der Waals surface area (Å²) in [5.74, 6) is -1.39. The second kappa shape index (κ2) is 7.90. The van der Waals surface area contributed by atoms with Gasteiger partial charge in [0.15, 0.2) is 0 Å². The van der Waals surface area contributed by atoms with Gasteiger partial charge in [0.25, 0.3) is 0 Å². The number of ether oxygens (including phenoxy) is 1. The molecule has 2 heterocycles. The maximum atomic E-state index is 12.4. The number of carbonyl (C=O) groups excluding carboxylic acids is 1. The van der Waals surface area contributed by atoms with E-state index in [-0.39, 0.29) is 24.9 Å². The molecule has 0 saturated heterocycles. The molecule has 1 aliphatic heterocycles. The summed E-state index contributed by atoms with van der Waals surface area (Å²) in [6, 6.07) is 10.4. The Balaban J connectivity index is 1.64. The summed E-state index contributed by atoms with van der Waals surface area (Å²) in [4.78, 5) is 27.7. The topological polar surface area (TPSA) is 88.5 Å². The van der Waals surface area contributed by atoms with Crippen molar-refractivity contribution in [3.63, 3.8) is 0 Å². The van der Waals surface area contributed by atoms with Gasteiger partial charge in [-0.3, -0.25) is 9.78 Å². The third-order valence-corrected chi connectivity index (χ3v) is 4.29. The van der Waals surface area contributed by atoms with Gasteiger partial charge in [-0.15, -0.1) is 0 Å². The lowest BCUT2D eigenvalue weighted by Crippen LogP contribution is -2.43. The summed E-state index contributed by atoms with van der Waals surface area (Å²) in [6.07, 6.45) is 4.02. The zero-order chi connectivity index (χ0) is 17.6. The number of carboxylic acid groups (broad SMARTS) is 1. The Kier molecular flexibility index (Phi) is 5.40. The minimum atomic E-state index is -1.06. The van der Waals surface area contributed by atoms with E-state index in [1.165, 1.54) is 5.56 Å². The van der Waals surface area contributed by atoms with Crippen molar-refractivity contribution >= 4 is 11.9 Å². The fourth-order valence-electron chi connectivity index (χ4n) is 3.02. The highest BCUT2D eigenvalue weighted by Crippen LogP contribution is 2.29. The molecule has 1 aromatic heterocycles. The summed E-state index contributed by atoms with van der Waals surface area (Å²) in [6.45, 7) is 0.564. The van der Waals surface area contributed by atoms with Gasteiger partial charge < -0.3 is 15.2 Å². The number of carboxylic acids is 1. The largest absolute Gasteiger partial charge is 0.480 e. The van der Waals surface area contributed by atoms with Gasteiger partial charge in [-0.1, -0.05) is 24.3 Å². The molecule has 1 amide bonds. The number of aliphatic carboxylic acids is 1. The van der Waals surface area contributed by atoms with Gasteiger partial charge in [0.05, 0.1) is 19.1 Å². The van der Waals surface area contributed by atoms with Crippen molar-refractivity contribution in [1.29, 1.82) is 0 Å². The summed E-state index contributed by atoms with van der Waals surface area (Å²) in [5, 5.41) is 12.0. The second-order valence-corrected chi connectivity index (χ2v) is 6.03. The number of nitrogens with one attached hydrogen (secondary N) is 1. The molecule has 3 rings (SSSR count). The quantitative estimate of drug-likeness (QED) is 0.838. The van der Waals surface area contributed by atoms with Gasteiger partial charge in [-0.05, 0) is 35.2 Å². The van der Waals surface area contributed by atoms with Crippen molar-refractivity contribution in [2.75, 3.05) is 6.61 Å². The van der Waals surface area contributed by atoms with Crippen LogP contribution in [0.3, 0.4) is 0 Å². The summed E-state index contributed by atoms with van der Waals surface area (Å²) in [5.41, 5.74) is 2.99. The minimum absolute atomic E-state index is 0.108. The number of aromatic nitrogens is 1. The number of hydrogen-bond donors (Lipinski definition) is 2. The third kappa shape index (κ3) is 4.42. The number of benzene rings is 1. The van der Waals surface area contributed by atoms with Gasteiger partial charge in [0.2, 0.25) is 5.91 Å². The van der Waals surface area contributed by atoms with Crippen LogP contribution in [0.4, 0.5) is 0 Å². The molecule has 0 bridgehead atoms. The van der Waals surface area contributed by atoms with Gasteiger partial charge in [0.1, 0.15) is 6.04 Å². The SMILES string of the molecule is O=C(CC1OCCc2ccccc21)NC(Cc1ccncc1)C(=O)O. The molecule has 0 aliphatic carbocycles. The number of rotatable bonds is 6. The molecule has 1 aliphatic rings. The van der Waals surface area contributed by atoms with Crippen molar-refractivity contribution in [1.82, 2.24) is 10.3 Å². The maximum absolute atomic E-state index is 12.4. The number of carbonyl (C=O) groups is 2. The first-order valence-corrected chi connectivity index (χ1v) is 8.24. The molecule has 2 atom stereocenters. The standard InChI is InChI=1S/C19H20N2O4/c22-18(12-17-15-4-2-1-3-14(15)7-10-25-17)21-16(19(23)24)11-13-5-8-20-9-6-13/h1-6,8-9,16-17H,7,10-12H2,(H,21,22)(H,23,24). The first-order chi connectivity index (χ1) is 12.1. The Hall–Kier alpha value is -2.73. The van der Waals surface area contributed by atoms with E-state index < -0.39 is 12.0 Å². The first kappa shape index (κ1) is 17.1. The highest BCUT2D eigenvalue weighted by molar-refractivity contribution is 5.84. The Bertz CT molecular complexity index is 748. The molecule has 6 heteroatoms. The Morgan fingerprint density at radius 1 is 1.24 bits per heavy atom. The second-order valence-electron chi connectivity index (χ2n) is 6.03. The van der Waals surface area contributed by atoms with Gasteiger partial charge in [0, 0.05) is 18.8 Å². The van der Waals surface area contributed by atoms with E-state index in [1.807, 2.05) is 24.3 Å². The van der Waals surface area contributed by atoms with Crippen LogP contribution in [-0.4, -0.2) is 34.6 Å². The predicted octanol–water partition coefficient (Wildman–Crippen LogP) is 1.90. The summed E-state index contributed by atoms with van der Waals surface area (Å²) in [7, 11) is 0. The van der Waals surface area contributed by atoms with E-state index in [4.69, 9.17) is 4.74 Å². The van der Waals surface area contributed by atoms with Crippen LogP contribution < -0.4 is 5.32 Å². The fraction of sp³-hybridized carbons (Fsp3) is 0.316. The smallest absolute Gasteiger partial charge is 0.326 e. The van der Waals surface area contributed by atoms with E-state index in [9.17, 15) is 14.7 Å². The highest BCUT2D eigenvalue weighted by Gasteiger charge is 2.26. The van der Waals surface area contributed by atoms with Crippen LogP contribution in [0.15, 0.2) is 48.8 Å². The zero-order valence-corrected chi connectivity index (χ0v) is 13.7. The van der Waals surface area contributed by atoms with E-state index in [0.717, 1.165) is 17.5 Å². The number of pyridine rings is 1. The Labute approximate surface area is 145 Å². The molecule has 0 spiro atoms.